The van der Waals surface area contributed by atoms with Crippen molar-refractivity contribution >= 4 is 16.0 Å². The maximum absolute atomic E-state index is 11.8. The van der Waals surface area contributed by atoms with E-state index in [4.69, 9.17) is 0 Å². The Morgan fingerprint density at radius 2 is 2.00 bits per heavy atom. The molecule has 2 rings (SSSR count). The van der Waals surface area contributed by atoms with Gasteiger partial charge in [0.05, 0.1) is 18.6 Å². The van der Waals surface area contributed by atoms with Crippen LogP contribution in [0.2, 0.25) is 0 Å². The van der Waals surface area contributed by atoms with E-state index in [0.29, 0.717) is 19.3 Å². The Morgan fingerprint density at radius 1 is 1.33 bits per heavy atom. The summed E-state index contributed by atoms with van der Waals surface area (Å²) in [6, 6.07) is 8.35. The van der Waals surface area contributed by atoms with Crippen molar-refractivity contribution in [3.05, 3.63) is 35.4 Å². The minimum absolute atomic E-state index is 0.323. The van der Waals surface area contributed by atoms with Crippen molar-refractivity contribution in [2.45, 2.75) is 32.6 Å². The fourth-order valence-electron chi connectivity index (χ4n) is 1.84. The maximum atomic E-state index is 11.8. The lowest BCUT2D eigenvalue weighted by molar-refractivity contribution is 0.255. The standard InChI is InChI=1S/C14H22N4O2S/c1-11(2)21(19,20)17-14-15-9-18(10-16-14)8-13-6-4-12(3)5-7-13/h4-7,11H,8-10H2,1-3H3,(H2,15,16,17). The minimum atomic E-state index is -3.34. The smallest absolute Gasteiger partial charge is 0.237 e. The van der Waals surface area contributed by atoms with Crippen molar-refractivity contribution < 1.29 is 8.42 Å². The van der Waals surface area contributed by atoms with E-state index in [-0.39, 0.29) is 0 Å². The largest absolute Gasteiger partial charge is 0.343 e. The molecule has 0 saturated carbocycles. The van der Waals surface area contributed by atoms with Gasteiger partial charge in [-0.05, 0) is 26.3 Å². The van der Waals surface area contributed by atoms with E-state index in [1.54, 1.807) is 13.8 Å². The van der Waals surface area contributed by atoms with Gasteiger partial charge in [-0.2, -0.15) is 0 Å². The van der Waals surface area contributed by atoms with Gasteiger partial charge in [0.15, 0.2) is 0 Å². The van der Waals surface area contributed by atoms with Crippen molar-refractivity contribution in [3.63, 3.8) is 0 Å². The first-order valence-corrected chi connectivity index (χ1v) is 8.49. The first-order chi connectivity index (χ1) is 9.87. The van der Waals surface area contributed by atoms with Crippen LogP contribution >= 0.6 is 0 Å². The average molecular weight is 310 g/mol. The molecule has 0 spiro atoms. The predicted molar refractivity (Wildman–Crippen MR) is 84.2 cm³/mol. The normalized spacial score (nSPS) is 16.5. The minimum Gasteiger partial charge on any atom is -0.343 e. The molecule has 0 aliphatic carbocycles. The Bertz CT molecular complexity index is 608. The Kier molecular flexibility index (Phi) is 4.84. The van der Waals surface area contributed by atoms with E-state index in [1.165, 1.54) is 11.1 Å². The molecule has 2 N–H and O–H groups in total. The van der Waals surface area contributed by atoms with E-state index in [2.05, 4.69) is 51.1 Å². The summed E-state index contributed by atoms with van der Waals surface area (Å²) >= 11 is 0. The van der Waals surface area contributed by atoms with E-state index in [0.717, 1.165) is 6.54 Å². The van der Waals surface area contributed by atoms with E-state index in [1.807, 2.05) is 0 Å². The van der Waals surface area contributed by atoms with Crippen LogP contribution in [-0.2, 0) is 16.6 Å². The zero-order valence-electron chi connectivity index (χ0n) is 12.6. The van der Waals surface area contributed by atoms with E-state index >= 15 is 0 Å². The topological polar surface area (TPSA) is 73.8 Å². The van der Waals surface area contributed by atoms with Gasteiger partial charge in [-0.15, -0.1) is 0 Å². The molecule has 0 amide bonds. The highest BCUT2D eigenvalue weighted by Crippen LogP contribution is 2.08. The zero-order chi connectivity index (χ0) is 15.5. The third-order valence-corrected chi connectivity index (χ3v) is 5.00. The summed E-state index contributed by atoms with van der Waals surface area (Å²) in [6.07, 6.45) is 0. The highest BCUT2D eigenvalue weighted by Gasteiger charge is 2.20. The lowest BCUT2D eigenvalue weighted by Gasteiger charge is -2.27. The molecule has 1 aromatic rings. The zero-order valence-corrected chi connectivity index (χ0v) is 13.4. The summed E-state index contributed by atoms with van der Waals surface area (Å²) in [5, 5.41) is 2.52. The molecule has 0 saturated heterocycles. The number of hydrogen-bond donors (Lipinski definition) is 2. The lowest BCUT2D eigenvalue weighted by atomic mass is 10.1. The highest BCUT2D eigenvalue weighted by atomic mass is 32.2. The molecule has 0 atom stereocenters. The fourth-order valence-corrected chi connectivity index (χ4v) is 2.48. The van der Waals surface area contributed by atoms with Crippen LogP contribution in [0.25, 0.3) is 0 Å². The van der Waals surface area contributed by atoms with Gasteiger partial charge in [0.25, 0.3) is 0 Å². The van der Waals surface area contributed by atoms with Crippen LogP contribution in [0.5, 0.6) is 0 Å². The van der Waals surface area contributed by atoms with Crippen LogP contribution in [0.15, 0.2) is 29.3 Å². The molecule has 1 aliphatic rings. The Labute approximate surface area is 126 Å². The Morgan fingerprint density at radius 3 is 2.52 bits per heavy atom. The predicted octanol–water partition coefficient (Wildman–Crippen LogP) is 0.999. The van der Waals surface area contributed by atoms with Crippen molar-refractivity contribution in [3.8, 4) is 0 Å². The molecule has 116 valence electrons. The molecule has 1 heterocycles. The molecule has 6 nitrogen and oxygen atoms in total. The molecule has 21 heavy (non-hydrogen) atoms. The van der Waals surface area contributed by atoms with Gasteiger partial charge in [0.1, 0.15) is 0 Å². The second-order valence-electron chi connectivity index (χ2n) is 5.49. The molecule has 0 bridgehead atoms. The summed E-state index contributed by atoms with van der Waals surface area (Å²) in [6.45, 7) is 7.14. The van der Waals surface area contributed by atoms with Crippen LogP contribution < -0.4 is 10.0 Å². The van der Waals surface area contributed by atoms with E-state index in [9.17, 15) is 8.42 Å². The quantitative estimate of drug-likeness (QED) is 0.870. The Hall–Kier alpha value is -1.60. The third-order valence-electron chi connectivity index (χ3n) is 3.29. The molecule has 1 aromatic carbocycles. The molecule has 0 fully saturated rings. The summed E-state index contributed by atoms with van der Waals surface area (Å²) in [7, 11) is -3.34. The second-order valence-corrected chi connectivity index (χ2v) is 7.73. The van der Waals surface area contributed by atoms with Crippen LogP contribution in [-0.4, -0.2) is 37.9 Å². The Balaban J connectivity index is 1.91. The number of aliphatic imine (C=N–C) groups is 1. The summed E-state index contributed by atoms with van der Waals surface area (Å²) in [5.41, 5.74) is 2.45. The number of sulfonamides is 1. The molecule has 1 aliphatic heterocycles. The summed E-state index contributed by atoms with van der Waals surface area (Å²) < 4.78 is 26.0. The highest BCUT2D eigenvalue weighted by molar-refractivity contribution is 7.90. The SMILES string of the molecule is Cc1ccc(CN2CN=C(NS(=O)(=O)C(C)C)NC2)cc1. The number of nitrogens with zero attached hydrogens (tertiary/aromatic N) is 2. The van der Waals surface area contributed by atoms with Gasteiger partial charge in [-0.1, -0.05) is 29.8 Å². The molecule has 0 radical (unpaired) electrons. The van der Waals surface area contributed by atoms with Crippen LogP contribution in [0.4, 0.5) is 0 Å². The van der Waals surface area contributed by atoms with Crippen molar-refractivity contribution in [1.29, 1.82) is 0 Å². The van der Waals surface area contributed by atoms with Gasteiger partial charge < -0.3 is 5.32 Å². The van der Waals surface area contributed by atoms with Gasteiger partial charge in [-0.25, -0.2) is 13.4 Å². The monoisotopic (exact) mass is 310 g/mol. The fraction of sp³-hybridized carbons (Fsp3) is 0.500. The van der Waals surface area contributed by atoms with Crippen LogP contribution in [0.3, 0.4) is 0 Å². The number of benzene rings is 1. The van der Waals surface area contributed by atoms with Crippen LogP contribution in [0.1, 0.15) is 25.0 Å². The number of rotatable bonds is 4. The van der Waals surface area contributed by atoms with Gasteiger partial charge in [-0.3, -0.25) is 9.62 Å². The number of nitrogens with one attached hydrogen (secondary N) is 2. The van der Waals surface area contributed by atoms with Gasteiger partial charge >= 0.3 is 0 Å². The molecular weight excluding hydrogens is 288 g/mol. The van der Waals surface area contributed by atoms with E-state index < -0.39 is 15.3 Å². The summed E-state index contributed by atoms with van der Waals surface area (Å²) in [5.74, 6) is 0.323. The van der Waals surface area contributed by atoms with Gasteiger partial charge in [0.2, 0.25) is 16.0 Å². The third kappa shape index (κ3) is 4.44. The maximum Gasteiger partial charge on any atom is 0.237 e. The molecule has 7 heteroatoms. The van der Waals surface area contributed by atoms with Crippen molar-refractivity contribution in [2.24, 2.45) is 4.99 Å². The first kappa shape index (κ1) is 15.8. The number of aryl methyl sites for hydroxylation is 1. The van der Waals surface area contributed by atoms with Gasteiger partial charge in [0, 0.05) is 6.54 Å². The number of guanidine groups is 1. The summed E-state index contributed by atoms with van der Waals surface area (Å²) in [4.78, 5) is 6.33. The second kappa shape index (κ2) is 6.44. The molecule has 0 unspecified atom stereocenters. The van der Waals surface area contributed by atoms with Crippen molar-refractivity contribution in [1.82, 2.24) is 14.9 Å². The van der Waals surface area contributed by atoms with Crippen LogP contribution in [0, 0.1) is 6.92 Å². The number of hydrogen-bond acceptors (Lipinski definition) is 5. The van der Waals surface area contributed by atoms with Crippen molar-refractivity contribution in [2.75, 3.05) is 13.3 Å². The first-order valence-electron chi connectivity index (χ1n) is 6.94. The molecular formula is C14H22N4O2S. The average Bonchev–Trinajstić information content (AvgIpc) is 2.43. The lowest BCUT2D eigenvalue weighted by Crippen LogP contribution is -2.51. The molecule has 0 aromatic heterocycles.